The summed E-state index contributed by atoms with van der Waals surface area (Å²) < 4.78 is 5.38. The number of benzene rings is 2. The molecule has 0 amide bonds. The zero-order valence-electron chi connectivity index (χ0n) is 14.5. The smallest absolute Gasteiger partial charge is 0.351 e. The molecule has 4 rings (SSSR count). The molecule has 1 aliphatic heterocycles. The summed E-state index contributed by atoms with van der Waals surface area (Å²) in [6.45, 7) is 7.70. The Morgan fingerprint density at radius 1 is 1.08 bits per heavy atom. The van der Waals surface area contributed by atoms with Crippen LogP contribution in [-0.4, -0.2) is 16.0 Å². The van der Waals surface area contributed by atoms with Gasteiger partial charge in [-0.3, -0.25) is 4.79 Å². The van der Waals surface area contributed by atoms with E-state index in [4.69, 9.17) is 4.74 Å². The lowest BCUT2D eigenvalue weighted by molar-refractivity contribution is -0.305. The van der Waals surface area contributed by atoms with Crippen molar-refractivity contribution in [2.24, 2.45) is 0 Å². The Hall–Kier alpha value is -2.43. The molecule has 0 fully saturated rings. The molecule has 2 aliphatic rings. The molecule has 25 heavy (non-hydrogen) atoms. The van der Waals surface area contributed by atoms with Crippen molar-refractivity contribution in [1.29, 1.82) is 0 Å². The van der Waals surface area contributed by atoms with E-state index < -0.39 is 5.97 Å². The quantitative estimate of drug-likeness (QED) is 0.771. The number of ether oxygens (including phenoxy) is 1. The molecule has 0 bridgehead atoms. The van der Waals surface area contributed by atoms with Gasteiger partial charge in [-0.25, -0.2) is 0 Å². The van der Waals surface area contributed by atoms with Crippen molar-refractivity contribution in [3.05, 3.63) is 59.2 Å². The van der Waals surface area contributed by atoms with Crippen molar-refractivity contribution >= 4 is 11.9 Å². The summed E-state index contributed by atoms with van der Waals surface area (Å²) in [5, 5.41) is 20.6. The lowest BCUT2D eigenvalue weighted by Crippen LogP contribution is -2.35. The third-order valence-electron chi connectivity index (χ3n) is 4.53. The van der Waals surface area contributed by atoms with E-state index in [2.05, 4.69) is 6.58 Å². The highest BCUT2D eigenvalue weighted by Gasteiger charge is 2.38. The van der Waals surface area contributed by atoms with Gasteiger partial charge in [-0.1, -0.05) is 38.6 Å². The lowest BCUT2D eigenvalue weighted by Gasteiger charge is -2.32. The van der Waals surface area contributed by atoms with Gasteiger partial charge < -0.3 is 14.9 Å². The minimum absolute atomic E-state index is 0.0759. The van der Waals surface area contributed by atoms with Gasteiger partial charge in [0.15, 0.2) is 5.78 Å². The van der Waals surface area contributed by atoms with Crippen LogP contribution in [0.4, 0.5) is 0 Å². The summed E-state index contributed by atoms with van der Waals surface area (Å²) in [7, 11) is 0. The minimum atomic E-state index is -2.42. The number of carbonyl (C=O) groups is 1. The van der Waals surface area contributed by atoms with Crippen LogP contribution in [0.2, 0.25) is 0 Å². The van der Waals surface area contributed by atoms with Gasteiger partial charge >= 0.3 is 5.97 Å². The fourth-order valence-electron chi connectivity index (χ4n) is 3.36. The standard InChI is InChI=1S/C19H16O4.C2H6/c1-2-11-6-7-13-15-9-12-4-3-5-17(20)14(12)10-18(15)23-19(21,22)16(13)8-11;1-2/h2,6-10,21-22H,1,3-5H2;1-2H3. The average Bonchev–Trinajstić information content (AvgIpc) is 2.62. The second-order valence-corrected chi connectivity index (χ2v) is 6.00. The van der Waals surface area contributed by atoms with E-state index in [0.717, 1.165) is 29.5 Å². The Morgan fingerprint density at radius 3 is 2.56 bits per heavy atom. The summed E-state index contributed by atoms with van der Waals surface area (Å²) in [4.78, 5) is 12.1. The molecule has 0 atom stereocenters. The number of rotatable bonds is 1. The highest BCUT2D eigenvalue weighted by molar-refractivity contribution is 6.00. The zero-order chi connectivity index (χ0) is 18.2. The van der Waals surface area contributed by atoms with Crippen molar-refractivity contribution in [3.63, 3.8) is 0 Å². The summed E-state index contributed by atoms with van der Waals surface area (Å²) in [6.07, 6.45) is 3.85. The van der Waals surface area contributed by atoms with E-state index in [9.17, 15) is 15.0 Å². The van der Waals surface area contributed by atoms with Crippen LogP contribution in [0.1, 0.15) is 53.7 Å². The first-order valence-electron chi connectivity index (χ1n) is 8.61. The van der Waals surface area contributed by atoms with E-state index >= 15 is 0 Å². The van der Waals surface area contributed by atoms with Crippen LogP contribution in [-0.2, 0) is 12.4 Å². The van der Waals surface area contributed by atoms with Gasteiger partial charge in [0.1, 0.15) is 5.75 Å². The van der Waals surface area contributed by atoms with Crippen molar-refractivity contribution in [2.75, 3.05) is 0 Å². The third kappa shape index (κ3) is 2.88. The molecule has 4 heteroatoms. The Kier molecular flexibility index (Phi) is 4.50. The number of hydrogen-bond donors (Lipinski definition) is 2. The lowest BCUT2D eigenvalue weighted by atomic mass is 9.85. The first-order chi connectivity index (χ1) is 12.0. The van der Waals surface area contributed by atoms with E-state index in [0.29, 0.717) is 23.3 Å². The molecule has 0 radical (unpaired) electrons. The van der Waals surface area contributed by atoms with Crippen LogP contribution in [0.3, 0.4) is 0 Å². The average molecular weight is 338 g/mol. The maximum absolute atomic E-state index is 12.1. The molecule has 0 aromatic heterocycles. The van der Waals surface area contributed by atoms with E-state index in [-0.39, 0.29) is 11.3 Å². The summed E-state index contributed by atoms with van der Waals surface area (Å²) in [5.41, 5.74) is 4.15. The molecular weight excluding hydrogens is 316 g/mol. The number of ketones is 1. The molecule has 0 saturated carbocycles. The normalized spacial score (nSPS) is 16.4. The predicted octanol–water partition coefficient (Wildman–Crippen LogP) is 4.03. The molecule has 1 aliphatic carbocycles. The Morgan fingerprint density at radius 2 is 1.84 bits per heavy atom. The van der Waals surface area contributed by atoms with Gasteiger partial charge in [-0.05, 0) is 47.7 Å². The van der Waals surface area contributed by atoms with Crippen molar-refractivity contribution in [2.45, 2.75) is 39.1 Å². The van der Waals surface area contributed by atoms with Gasteiger partial charge in [-0.15, -0.1) is 0 Å². The van der Waals surface area contributed by atoms with Crippen LogP contribution < -0.4 is 4.74 Å². The Bertz CT molecular complexity index is 849. The largest absolute Gasteiger partial charge is 0.435 e. The predicted molar refractivity (Wildman–Crippen MR) is 97.3 cm³/mol. The second kappa shape index (κ2) is 6.47. The first kappa shape index (κ1) is 17.4. The topological polar surface area (TPSA) is 66.8 Å². The van der Waals surface area contributed by atoms with Crippen molar-refractivity contribution < 1.29 is 19.7 Å². The van der Waals surface area contributed by atoms with E-state index in [1.165, 1.54) is 0 Å². The van der Waals surface area contributed by atoms with E-state index in [1.54, 1.807) is 18.2 Å². The molecule has 4 nitrogen and oxygen atoms in total. The molecule has 1 heterocycles. The number of hydrogen-bond acceptors (Lipinski definition) is 4. The van der Waals surface area contributed by atoms with Gasteiger partial charge in [0.2, 0.25) is 0 Å². The molecule has 0 unspecified atom stereocenters. The van der Waals surface area contributed by atoms with Gasteiger partial charge in [-0.2, -0.15) is 0 Å². The number of aryl methyl sites for hydroxylation is 1. The molecule has 2 N–H and O–H groups in total. The molecular formula is C21H22O4. The first-order valence-corrected chi connectivity index (χ1v) is 8.61. The minimum Gasteiger partial charge on any atom is -0.435 e. The fourth-order valence-corrected chi connectivity index (χ4v) is 3.36. The van der Waals surface area contributed by atoms with Gasteiger partial charge in [0, 0.05) is 17.5 Å². The van der Waals surface area contributed by atoms with Gasteiger partial charge in [0.25, 0.3) is 0 Å². The SMILES string of the molecule is C=Cc1ccc2c(c1)C(O)(O)Oc1cc3c(cc1-2)CCCC3=O.CC. The van der Waals surface area contributed by atoms with Crippen molar-refractivity contribution in [3.8, 4) is 16.9 Å². The monoisotopic (exact) mass is 338 g/mol. The van der Waals surface area contributed by atoms with Crippen LogP contribution in [0, 0.1) is 0 Å². The van der Waals surface area contributed by atoms with Crippen molar-refractivity contribution in [1.82, 2.24) is 0 Å². The fraction of sp³-hybridized carbons (Fsp3) is 0.286. The summed E-state index contributed by atoms with van der Waals surface area (Å²) in [5.74, 6) is -2.03. The Balaban J connectivity index is 0.000000880. The molecule has 2 aromatic rings. The molecule has 0 saturated heterocycles. The maximum atomic E-state index is 12.1. The number of aliphatic hydroxyl groups is 2. The molecule has 130 valence electrons. The highest BCUT2D eigenvalue weighted by atomic mass is 16.8. The molecule has 0 spiro atoms. The third-order valence-corrected chi connectivity index (χ3v) is 4.53. The summed E-state index contributed by atoms with van der Waals surface area (Å²) in [6, 6.07) is 8.91. The number of Topliss-reactive ketones (excluding diaryl/α,β-unsaturated/α-hetero) is 1. The maximum Gasteiger partial charge on any atom is 0.351 e. The van der Waals surface area contributed by atoms with Gasteiger partial charge in [0.05, 0.1) is 5.56 Å². The zero-order valence-corrected chi connectivity index (χ0v) is 14.5. The van der Waals surface area contributed by atoms with Crippen LogP contribution >= 0.6 is 0 Å². The second-order valence-electron chi connectivity index (χ2n) is 6.00. The number of carbonyl (C=O) groups excluding carboxylic acids is 1. The Labute approximate surface area is 147 Å². The number of fused-ring (bicyclic) bond motifs is 4. The van der Waals surface area contributed by atoms with Crippen LogP contribution in [0.5, 0.6) is 5.75 Å². The van der Waals surface area contributed by atoms with Crippen LogP contribution in [0.25, 0.3) is 17.2 Å². The van der Waals surface area contributed by atoms with Crippen LogP contribution in [0.15, 0.2) is 36.9 Å². The summed E-state index contributed by atoms with van der Waals surface area (Å²) >= 11 is 0. The van der Waals surface area contributed by atoms with E-state index in [1.807, 2.05) is 32.0 Å². The molecule has 2 aromatic carbocycles. The highest BCUT2D eigenvalue weighted by Crippen LogP contribution is 2.45.